The Bertz CT molecular complexity index is 1060. The minimum absolute atomic E-state index is 0. The third kappa shape index (κ3) is 9.76. The molecule has 2 rings (SSSR count). The Labute approximate surface area is 232 Å². The van der Waals surface area contributed by atoms with Gasteiger partial charge in [-0.2, -0.15) is 0 Å². The molecule has 0 spiro atoms. The zero-order chi connectivity index (χ0) is 25.5. The second kappa shape index (κ2) is 13.8. The molecule has 186 valence electrons. The van der Waals surface area contributed by atoms with Crippen molar-refractivity contribution < 1.29 is 29.0 Å². The Morgan fingerprint density at radius 2 is 1.57 bits per heavy atom. The molecule has 1 heterocycles. The van der Waals surface area contributed by atoms with Gasteiger partial charge in [-0.1, -0.05) is 26.0 Å². The molecule has 0 saturated heterocycles. The molecule has 0 aliphatic carbocycles. The number of amides is 2. The molecule has 0 atom stereocenters. The summed E-state index contributed by atoms with van der Waals surface area (Å²) in [6.45, 7) is 9.33. The first-order chi connectivity index (χ1) is 15.9. The SMILES string of the molecule is CC(C)c1csc(NC(=O)CCCCC(=O)Nc2ccccc2C(=O)O)c1C(=O)OC(C)(C)C.[NaH]. The third-order valence-electron chi connectivity index (χ3n) is 4.79. The maximum absolute atomic E-state index is 12.8. The van der Waals surface area contributed by atoms with Crippen molar-refractivity contribution in [1.29, 1.82) is 0 Å². The summed E-state index contributed by atoms with van der Waals surface area (Å²) >= 11 is 1.29. The molecule has 3 N–H and O–H groups in total. The van der Waals surface area contributed by atoms with E-state index >= 15 is 0 Å². The van der Waals surface area contributed by atoms with Gasteiger partial charge in [-0.3, -0.25) is 9.59 Å². The summed E-state index contributed by atoms with van der Waals surface area (Å²) in [6.07, 6.45) is 1.25. The number of esters is 1. The van der Waals surface area contributed by atoms with Crippen molar-refractivity contribution >= 4 is 75.3 Å². The van der Waals surface area contributed by atoms with Gasteiger partial charge in [-0.15, -0.1) is 11.3 Å². The quantitative estimate of drug-likeness (QED) is 0.234. The van der Waals surface area contributed by atoms with Crippen LogP contribution in [0.3, 0.4) is 0 Å². The fourth-order valence-electron chi connectivity index (χ4n) is 3.18. The first-order valence-corrected chi connectivity index (χ1v) is 12.0. The number of para-hydroxylation sites is 1. The molecule has 0 unspecified atom stereocenters. The van der Waals surface area contributed by atoms with Crippen molar-refractivity contribution in [3.8, 4) is 0 Å². The summed E-state index contributed by atoms with van der Waals surface area (Å²) in [6, 6.07) is 6.18. The molecule has 10 heteroatoms. The van der Waals surface area contributed by atoms with Crippen LogP contribution in [-0.2, 0) is 14.3 Å². The Kier molecular flexibility index (Phi) is 12.1. The van der Waals surface area contributed by atoms with Crippen LogP contribution in [0.1, 0.15) is 92.5 Å². The number of hydrogen-bond donors (Lipinski definition) is 3. The summed E-state index contributed by atoms with van der Waals surface area (Å²) in [4.78, 5) is 48.6. The number of thiophene rings is 1. The summed E-state index contributed by atoms with van der Waals surface area (Å²) in [5.74, 6) is -2.06. The zero-order valence-electron chi connectivity index (χ0n) is 20.2. The summed E-state index contributed by atoms with van der Waals surface area (Å²) in [5.41, 5.74) is 0.825. The van der Waals surface area contributed by atoms with Crippen molar-refractivity contribution in [2.75, 3.05) is 10.6 Å². The predicted molar refractivity (Wildman–Crippen MR) is 140 cm³/mol. The number of unbranched alkanes of at least 4 members (excludes halogenated alkanes) is 1. The van der Waals surface area contributed by atoms with Gasteiger partial charge in [0, 0.05) is 12.8 Å². The fourth-order valence-corrected chi connectivity index (χ4v) is 4.31. The number of carbonyl (C=O) groups is 4. The topological polar surface area (TPSA) is 122 Å². The van der Waals surface area contributed by atoms with Gasteiger partial charge in [-0.05, 0) is 62.6 Å². The molecule has 0 aliphatic heterocycles. The molecule has 0 bridgehead atoms. The number of aromatic carboxylic acids is 1. The van der Waals surface area contributed by atoms with Crippen LogP contribution in [0.4, 0.5) is 10.7 Å². The van der Waals surface area contributed by atoms with E-state index in [4.69, 9.17) is 4.74 Å². The van der Waals surface area contributed by atoms with Gasteiger partial charge in [0.15, 0.2) is 0 Å². The van der Waals surface area contributed by atoms with Gasteiger partial charge >= 0.3 is 41.5 Å². The van der Waals surface area contributed by atoms with E-state index in [-0.39, 0.29) is 71.4 Å². The van der Waals surface area contributed by atoms with Crippen LogP contribution in [-0.4, -0.2) is 64.0 Å². The number of anilines is 2. The molecule has 35 heavy (non-hydrogen) atoms. The van der Waals surface area contributed by atoms with Gasteiger partial charge in [0.1, 0.15) is 10.6 Å². The molecule has 2 aromatic rings. The molecule has 0 saturated carbocycles. The van der Waals surface area contributed by atoms with Crippen LogP contribution in [0.25, 0.3) is 0 Å². The maximum atomic E-state index is 12.8. The summed E-state index contributed by atoms with van der Waals surface area (Å²) in [5, 5.41) is 16.9. The van der Waals surface area contributed by atoms with E-state index in [0.29, 0.717) is 23.4 Å². The number of carboxylic acid groups (broad SMARTS) is 1. The van der Waals surface area contributed by atoms with Crippen molar-refractivity contribution in [2.45, 2.75) is 71.8 Å². The number of carbonyl (C=O) groups excluding carboxylic acids is 3. The van der Waals surface area contributed by atoms with E-state index in [1.165, 1.54) is 23.5 Å². The Hall–Kier alpha value is -2.20. The monoisotopic (exact) mass is 512 g/mol. The molecule has 2 amide bonds. The van der Waals surface area contributed by atoms with Crippen LogP contribution in [0.5, 0.6) is 0 Å². The molecular formula is C25H33N2NaO6S. The molecule has 1 aromatic carbocycles. The van der Waals surface area contributed by atoms with Crippen LogP contribution in [0, 0.1) is 0 Å². The van der Waals surface area contributed by atoms with Gasteiger partial charge in [-0.25, -0.2) is 9.59 Å². The van der Waals surface area contributed by atoms with E-state index < -0.39 is 17.5 Å². The number of ether oxygens (including phenoxy) is 1. The number of benzene rings is 1. The average Bonchev–Trinajstić information content (AvgIpc) is 3.14. The summed E-state index contributed by atoms with van der Waals surface area (Å²) in [7, 11) is 0. The van der Waals surface area contributed by atoms with E-state index in [1.807, 2.05) is 19.2 Å². The van der Waals surface area contributed by atoms with E-state index in [0.717, 1.165) is 5.56 Å². The number of hydrogen-bond acceptors (Lipinski definition) is 6. The van der Waals surface area contributed by atoms with Gasteiger partial charge in [0.05, 0.1) is 16.8 Å². The van der Waals surface area contributed by atoms with E-state index in [1.54, 1.807) is 32.9 Å². The Morgan fingerprint density at radius 1 is 1.00 bits per heavy atom. The molecule has 0 radical (unpaired) electrons. The Balaban J connectivity index is 0.00000612. The predicted octanol–water partition coefficient (Wildman–Crippen LogP) is 5.01. The second-order valence-corrected chi connectivity index (χ2v) is 10.1. The zero-order valence-corrected chi connectivity index (χ0v) is 21.0. The molecular weight excluding hydrogens is 479 g/mol. The van der Waals surface area contributed by atoms with Gasteiger partial charge in [0.2, 0.25) is 11.8 Å². The number of nitrogens with one attached hydrogen (secondary N) is 2. The molecule has 1 aromatic heterocycles. The van der Waals surface area contributed by atoms with Gasteiger partial charge < -0.3 is 20.5 Å². The Morgan fingerprint density at radius 3 is 2.11 bits per heavy atom. The average molecular weight is 513 g/mol. The number of rotatable bonds is 10. The van der Waals surface area contributed by atoms with Crippen LogP contribution < -0.4 is 10.6 Å². The first-order valence-electron chi connectivity index (χ1n) is 11.2. The number of carboxylic acids is 1. The summed E-state index contributed by atoms with van der Waals surface area (Å²) < 4.78 is 5.53. The minimum atomic E-state index is -1.12. The normalized spacial score (nSPS) is 10.9. The third-order valence-corrected chi connectivity index (χ3v) is 5.70. The molecule has 8 nitrogen and oxygen atoms in total. The van der Waals surface area contributed by atoms with Gasteiger partial charge in [0.25, 0.3) is 0 Å². The fraction of sp³-hybridized carbons (Fsp3) is 0.440. The van der Waals surface area contributed by atoms with Crippen molar-refractivity contribution in [2.24, 2.45) is 0 Å². The molecule has 0 fully saturated rings. The van der Waals surface area contributed by atoms with E-state index in [9.17, 15) is 24.3 Å². The molecule has 0 aliphatic rings. The van der Waals surface area contributed by atoms with E-state index in [2.05, 4.69) is 10.6 Å². The van der Waals surface area contributed by atoms with Crippen LogP contribution in [0.15, 0.2) is 29.6 Å². The standard InChI is InChI=1S/C25H32N2O6S.Na.H/c1-15(2)17-14-34-22(21(17)24(32)33-25(3,4)5)27-20(29)13-9-8-12-19(28)26-18-11-7-6-10-16(18)23(30)31;;/h6-7,10-11,14-15H,8-9,12-13H2,1-5H3,(H,26,28)(H,27,29)(H,30,31);;. The van der Waals surface area contributed by atoms with Crippen LogP contribution >= 0.6 is 11.3 Å². The van der Waals surface area contributed by atoms with Crippen molar-refractivity contribution in [3.63, 3.8) is 0 Å². The first kappa shape index (κ1) is 30.8. The van der Waals surface area contributed by atoms with Crippen molar-refractivity contribution in [3.05, 3.63) is 46.3 Å². The second-order valence-electron chi connectivity index (χ2n) is 9.21. The van der Waals surface area contributed by atoms with Crippen molar-refractivity contribution in [1.82, 2.24) is 0 Å². The van der Waals surface area contributed by atoms with Crippen LogP contribution in [0.2, 0.25) is 0 Å².